The third-order valence-electron chi connectivity index (χ3n) is 31.5. The van der Waals surface area contributed by atoms with E-state index in [1.54, 1.807) is 0 Å². The predicted octanol–water partition coefficient (Wildman–Crippen LogP) is 26.2. The average molecular weight is 1890 g/mol. The molecule has 0 radical (unpaired) electrons. The van der Waals surface area contributed by atoms with E-state index in [0.717, 1.165) is 0 Å². The molecule has 0 unspecified atom stereocenters. The van der Waals surface area contributed by atoms with E-state index in [1.165, 1.54) is 224 Å². The van der Waals surface area contributed by atoms with Crippen molar-refractivity contribution in [3.63, 3.8) is 0 Å². The highest BCUT2D eigenvalue weighted by Crippen LogP contribution is 2.49. The minimum Gasteiger partial charge on any atom is -0.372 e. The Morgan fingerprint density at radius 1 is 0.204 bits per heavy atom. The largest absolute Gasteiger partial charge is 0.538 e. The van der Waals surface area contributed by atoms with E-state index in [4.69, 9.17) is 0 Å². The highest BCUT2D eigenvalue weighted by Gasteiger charge is 2.52. The Bertz CT molecular complexity index is 7080. The summed E-state index contributed by atoms with van der Waals surface area (Å²) in [6, 6.07) is 69.4. The highest BCUT2D eigenvalue weighted by molar-refractivity contribution is 6.73. The van der Waals surface area contributed by atoms with E-state index in [-0.39, 0.29) is 27.9 Å². The van der Waals surface area contributed by atoms with Gasteiger partial charge in [-0.3, -0.25) is 17.9 Å². The molecule has 19 rings (SSSR count). The first-order chi connectivity index (χ1) is 67.4. The van der Waals surface area contributed by atoms with Gasteiger partial charge in [0.15, 0.2) is 0 Å². The van der Waals surface area contributed by atoms with Gasteiger partial charge in [-0.25, -0.2) is 18.3 Å². The standard InChI is InChI=1S/C36H47BN3.2C32H39BN3.C26H35BN3/c1-22(2)28-14-12-15-29(23(3)4)34(28)27-20-26(9)33-32(21-27)39(11)37(40-19-18-38(10)36(33)40)35-30(24(5)6)16-13-17-31(35)25(7)8;1-20(2)26-14-11-15-27(21(3)4)30(26)25-18-24(7)29-28(19-25)35(9)33(36-17-16-34(8)32(29)36)31-22(5)12-10-13-23(31)6;1-20(2)26-14-11-15-27(21(3)4)31(26)33-35(9)28-19-25(29-22(5)12-10-13-23(29)6)18-24(7)30(28)32-34(8)16-17-36(32)33;1-17(2)21-12-10-13-22(18(3)4)25(21)27-29-16-15-28(8)26(29)24-20(7)11-9-14-23(24)30(27)19(5)6/h12-25H,1-11H3;2*10-21H,1-9H3;9-19H,1-8H3/q4*+1. The van der Waals surface area contributed by atoms with Crippen LogP contribution in [0.25, 0.3) is 78.9 Å². The van der Waals surface area contributed by atoms with Crippen LogP contribution in [-0.2, 0) is 28.2 Å². The minimum absolute atomic E-state index is 0.0826. The van der Waals surface area contributed by atoms with E-state index in [1.807, 2.05) is 0 Å². The SMILES string of the molecule is Cc1cc(-c2c(C(C)C)cccc2C(C)C)cc2c1-c1n(C)cc[n+]1B(c1c(C(C)C)cccc1C(C)C)N2C.Cc1cccc(C)c1-c1cc(C)c2c(c1)N(C)B(c1c(C(C)C)cccc1C(C)C)[n+]1ccn(C)c1-2.Cc1cccc(C)c1B1N(C)c2cc(-c3c(C(C)C)cccc3C(C)C)cc(C)c2-c2n(C)cc[n+]21.Cc1cccc2c1-c1n(C)cc[n+]1B(c1c(C(C)C)cccc1C(C)C)N2C(C)C. The molecule has 142 heavy (non-hydrogen) atoms. The van der Waals surface area contributed by atoms with Crippen molar-refractivity contribution in [2.24, 2.45) is 28.2 Å². The topological polar surface area (TPSA) is 48.2 Å². The second kappa shape index (κ2) is 40.8. The van der Waals surface area contributed by atoms with Crippen LogP contribution < -0.4 is 59.0 Å². The molecule has 0 aliphatic carbocycles. The molecule has 8 heterocycles. The number of hydrogen-bond donors (Lipinski definition) is 0. The average Bonchev–Trinajstić information content (AvgIpc) is 1.45. The molecule has 12 nitrogen and oxygen atoms in total. The second-order valence-electron chi connectivity index (χ2n) is 45.2. The summed E-state index contributed by atoms with van der Waals surface area (Å²) < 4.78 is 19.1. The molecule has 4 aliphatic rings. The molecule has 0 bridgehead atoms. The minimum atomic E-state index is 0.0826. The number of nitrogens with zero attached hydrogens (tertiary/aromatic N) is 12. The van der Waals surface area contributed by atoms with Gasteiger partial charge in [-0.15, -0.1) is 0 Å². The van der Waals surface area contributed by atoms with Gasteiger partial charge in [-0.1, -0.05) is 296 Å². The lowest BCUT2D eigenvalue weighted by atomic mass is 9.57. The molecule has 0 N–H and O–H groups in total. The van der Waals surface area contributed by atoms with E-state index in [0.29, 0.717) is 65.2 Å². The van der Waals surface area contributed by atoms with E-state index in [9.17, 15) is 0 Å². The fourth-order valence-corrected chi connectivity index (χ4v) is 24.6. The number of hydrogen-bond acceptors (Lipinski definition) is 4. The summed E-state index contributed by atoms with van der Waals surface area (Å²) in [5, 5.41) is 0. The zero-order valence-corrected chi connectivity index (χ0v) is 93.0. The molecule has 4 aliphatic heterocycles. The number of fused-ring (bicyclic) bond motifs is 12. The summed E-state index contributed by atoms with van der Waals surface area (Å²) in [5.41, 5.74) is 49.4. The third kappa shape index (κ3) is 18.2. The summed E-state index contributed by atoms with van der Waals surface area (Å²) in [7, 11) is 15.5. The molecule has 732 valence electrons. The van der Waals surface area contributed by atoms with E-state index < -0.39 is 0 Å². The van der Waals surface area contributed by atoms with Gasteiger partial charge in [0.2, 0.25) is 0 Å². The Morgan fingerprint density at radius 3 is 0.683 bits per heavy atom. The van der Waals surface area contributed by atoms with Crippen molar-refractivity contribution in [1.82, 2.24) is 18.3 Å². The number of anilines is 4. The molecule has 16 heteroatoms. The predicted molar refractivity (Wildman–Crippen MR) is 611 cm³/mol. The Hall–Kier alpha value is -12.3. The molecule has 0 saturated carbocycles. The summed E-state index contributed by atoms with van der Waals surface area (Å²) in [4.78, 5) is 10.2. The van der Waals surface area contributed by atoms with Crippen molar-refractivity contribution in [2.75, 3.05) is 40.4 Å². The maximum atomic E-state index is 2.63. The molecule has 11 aromatic carbocycles. The molecular formula is C126H160B4N12+4. The Balaban J connectivity index is 0.000000137. The number of rotatable bonds is 18. The molecule has 0 spiro atoms. The van der Waals surface area contributed by atoms with Crippen LogP contribution in [0.4, 0.5) is 22.7 Å². The van der Waals surface area contributed by atoms with Crippen molar-refractivity contribution in [2.45, 2.75) is 273 Å². The van der Waals surface area contributed by atoms with Crippen LogP contribution in [0, 0.1) is 55.4 Å². The molecule has 0 fully saturated rings. The lowest BCUT2D eigenvalue weighted by Gasteiger charge is -2.39. The third-order valence-corrected chi connectivity index (χ3v) is 31.5. The maximum absolute atomic E-state index is 2.63. The quantitative estimate of drug-likeness (QED) is 0.0804. The van der Waals surface area contributed by atoms with Gasteiger partial charge in [-0.05, 0) is 307 Å². The van der Waals surface area contributed by atoms with Gasteiger partial charge in [-0.2, -0.15) is 0 Å². The molecule has 4 aromatic heterocycles. The summed E-state index contributed by atoms with van der Waals surface area (Å²) in [6.45, 7) is 69.5. The fourth-order valence-electron chi connectivity index (χ4n) is 24.6. The molecule has 0 saturated heterocycles. The van der Waals surface area contributed by atoms with Gasteiger partial charge in [0.25, 0.3) is 23.3 Å². The van der Waals surface area contributed by atoms with Gasteiger partial charge in [0, 0.05) is 50.6 Å². The Labute approximate surface area is 855 Å². The lowest BCUT2D eigenvalue weighted by molar-refractivity contribution is -0.524. The van der Waals surface area contributed by atoms with Gasteiger partial charge in [0.05, 0.1) is 50.4 Å². The first kappa shape index (κ1) is 103. The van der Waals surface area contributed by atoms with Gasteiger partial charge in [0.1, 0.15) is 49.6 Å². The van der Waals surface area contributed by atoms with Crippen LogP contribution in [-0.4, -0.2) is 73.4 Å². The highest BCUT2D eigenvalue weighted by atomic mass is 15.3. The first-order valence-electron chi connectivity index (χ1n) is 52.9. The van der Waals surface area contributed by atoms with Crippen LogP contribution in [0.15, 0.2) is 232 Å². The number of imidazole rings is 4. The molecule has 0 amide bonds. The lowest BCUT2D eigenvalue weighted by Crippen LogP contribution is -2.73. The summed E-state index contributed by atoms with van der Waals surface area (Å²) >= 11 is 0. The van der Waals surface area contributed by atoms with Crippen molar-refractivity contribution in [1.29, 1.82) is 0 Å². The number of aryl methyl sites for hydroxylation is 12. The Morgan fingerprint density at radius 2 is 0.415 bits per heavy atom. The van der Waals surface area contributed by atoms with E-state index in [2.05, 4.69) is 544 Å². The summed E-state index contributed by atoms with van der Waals surface area (Å²) in [6.07, 6.45) is 17.9. The van der Waals surface area contributed by atoms with Crippen molar-refractivity contribution in [3.05, 3.63) is 332 Å². The van der Waals surface area contributed by atoms with Gasteiger partial charge < -0.3 is 19.2 Å². The number of benzene rings is 11. The zero-order chi connectivity index (χ0) is 103. The monoisotopic (exact) mass is 1890 g/mol. The molecular weight excluding hydrogens is 1720 g/mol. The molecule has 15 aromatic rings. The Kier molecular flexibility index (Phi) is 29.5. The van der Waals surface area contributed by atoms with Gasteiger partial charge >= 0.3 is 27.9 Å². The van der Waals surface area contributed by atoms with Crippen molar-refractivity contribution in [3.8, 4) is 78.9 Å². The van der Waals surface area contributed by atoms with Crippen LogP contribution in [0.5, 0.6) is 0 Å². The van der Waals surface area contributed by atoms with Crippen LogP contribution in [0.3, 0.4) is 0 Å². The van der Waals surface area contributed by atoms with Crippen molar-refractivity contribution < 1.29 is 17.9 Å². The van der Waals surface area contributed by atoms with Crippen LogP contribution >= 0.6 is 0 Å². The zero-order valence-electron chi connectivity index (χ0n) is 93.0. The first-order valence-corrected chi connectivity index (χ1v) is 52.9. The van der Waals surface area contributed by atoms with Crippen LogP contribution in [0.2, 0.25) is 0 Å². The number of aromatic nitrogens is 8. The normalized spacial score (nSPS) is 13.1. The fraction of sp³-hybridized carbons (Fsp3) is 0.381. The van der Waals surface area contributed by atoms with E-state index >= 15 is 0 Å². The smallest absolute Gasteiger partial charge is 0.372 e. The summed E-state index contributed by atoms with van der Waals surface area (Å²) in [5.74, 6) is 9.66. The maximum Gasteiger partial charge on any atom is 0.538 e. The second-order valence-corrected chi connectivity index (χ2v) is 45.2. The molecule has 0 atom stereocenters. The van der Waals surface area contributed by atoms with Crippen molar-refractivity contribution >= 4 is 72.5 Å². The van der Waals surface area contributed by atoms with Crippen LogP contribution in [0.1, 0.15) is 312 Å².